The molecule has 0 aliphatic carbocycles. The Morgan fingerprint density at radius 1 is 1.11 bits per heavy atom. The van der Waals surface area contributed by atoms with Gasteiger partial charge in [-0.15, -0.1) is 0 Å². The second-order valence-electron chi connectivity index (χ2n) is 2.63. The second-order valence-corrected chi connectivity index (χ2v) is 2.63. The number of carbonyl (C=O) groups is 1. The molecule has 0 aliphatic rings. The summed E-state index contributed by atoms with van der Waals surface area (Å²) in [7, 11) is 0. The molecule has 7 nitrogen and oxygen atoms in total. The molecule has 0 radical (unpaired) electrons. The van der Waals surface area contributed by atoms with Crippen LogP contribution in [0.15, 0.2) is 30.9 Å². The van der Waals surface area contributed by atoms with Crippen molar-refractivity contribution in [3.05, 3.63) is 30.9 Å². The fourth-order valence-corrected chi connectivity index (χ4v) is 0.519. The number of phenolic OH excluding ortho intramolecular Hbond substituents is 3. The maximum absolute atomic E-state index is 9.25. The second kappa shape index (κ2) is 11.2. The summed E-state index contributed by atoms with van der Waals surface area (Å²) in [6.45, 7) is 2.71. The summed E-state index contributed by atoms with van der Waals surface area (Å²) in [5, 5.41) is 48.9. The number of carboxylic acids is 1. The SMILES string of the molecule is C=CC(=O)O.OCCO.Oc1cccc(O)c1O. The van der Waals surface area contributed by atoms with Gasteiger partial charge in [-0.1, -0.05) is 12.6 Å². The van der Waals surface area contributed by atoms with Crippen molar-refractivity contribution in [1.29, 1.82) is 0 Å². The Hall–Kier alpha value is -2.25. The van der Waals surface area contributed by atoms with Crippen molar-refractivity contribution in [1.82, 2.24) is 0 Å². The third kappa shape index (κ3) is 10.3. The smallest absolute Gasteiger partial charge is 0.327 e. The quantitative estimate of drug-likeness (QED) is 0.326. The van der Waals surface area contributed by atoms with Crippen molar-refractivity contribution in [3.63, 3.8) is 0 Å². The van der Waals surface area contributed by atoms with Crippen LogP contribution in [-0.2, 0) is 4.79 Å². The molecule has 0 aromatic heterocycles. The first kappa shape index (κ1) is 18.1. The standard InChI is InChI=1S/C6H6O3.C3H4O2.C2H6O2/c7-4-2-1-3-5(8)6(4)9;1-2-3(4)5;3-1-2-4/h1-3,7-9H;2H,1H2,(H,4,5);3-4H,1-2H2. The first-order valence-electron chi connectivity index (χ1n) is 4.67. The van der Waals surface area contributed by atoms with Crippen molar-refractivity contribution < 1.29 is 35.4 Å². The van der Waals surface area contributed by atoms with Crippen LogP contribution in [0.3, 0.4) is 0 Å². The summed E-state index contributed by atoms with van der Waals surface area (Å²) >= 11 is 0. The Morgan fingerprint density at radius 2 is 1.44 bits per heavy atom. The fourth-order valence-electron chi connectivity index (χ4n) is 0.519. The number of hydrogen-bond donors (Lipinski definition) is 6. The Morgan fingerprint density at radius 3 is 1.61 bits per heavy atom. The maximum Gasteiger partial charge on any atom is 0.327 e. The maximum atomic E-state index is 9.25. The zero-order valence-electron chi connectivity index (χ0n) is 9.52. The molecular weight excluding hydrogens is 244 g/mol. The first-order valence-corrected chi connectivity index (χ1v) is 4.67. The number of carboxylic acid groups (broad SMARTS) is 1. The predicted molar refractivity (Wildman–Crippen MR) is 63.4 cm³/mol. The molecule has 0 saturated heterocycles. The van der Waals surface area contributed by atoms with Gasteiger partial charge >= 0.3 is 5.97 Å². The third-order valence-corrected chi connectivity index (χ3v) is 1.27. The summed E-state index contributed by atoms with van der Waals surface area (Å²) in [6.07, 6.45) is 0.833. The average molecular weight is 260 g/mol. The van der Waals surface area contributed by atoms with Crippen LogP contribution >= 0.6 is 0 Å². The first-order chi connectivity index (χ1) is 8.40. The normalized spacial score (nSPS) is 8.11. The van der Waals surface area contributed by atoms with Crippen LogP contribution in [0.2, 0.25) is 0 Å². The molecule has 0 aliphatic heterocycles. The van der Waals surface area contributed by atoms with Gasteiger partial charge in [-0.05, 0) is 12.1 Å². The van der Waals surface area contributed by atoms with Crippen LogP contribution in [0.25, 0.3) is 0 Å². The lowest BCUT2D eigenvalue weighted by Crippen LogP contribution is -1.85. The number of phenols is 3. The van der Waals surface area contributed by atoms with Crippen LogP contribution in [0.1, 0.15) is 0 Å². The molecule has 0 bridgehead atoms. The highest BCUT2D eigenvalue weighted by molar-refractivity contribution is 5.78. The predicted octanol–water partition coefficient (Wildman–Crippen LogP) is 0.0314. The summed E-state index contributed by atoms with van der Waals surface area (Å²) in [5.74, 6) is -2.08. The molecule has 1 rings (SSSR count). The Labute approximate surface area is 104 Å². The van der Waals surface area contributed by atoms with Crippen LogP contribution in [0, 0.1) is 0 Å². The lowest BCUT2D eigenvalue weighted by atomic mass is 10.3. The molecule has 0 unspecified atom stereocenters. The van der Waals surface area contributed by atoms with Crippen LogP contribution in [-0.4, -0.2) is 49.8 Å². The van der Waals surface area contributed by atoms with Gasteiger partial charge in [-0.2, -0.15) is 0 Å². The molecule has 1 aromatic rings. The lowest BCUT2D eigenvalue weighted by Gasteiger charge is -1.96. The van der Waals surface area contributed by atoms with Gasteiger partial charge in [0.15, 0.2) is 17.2 Å². The largest absolute Gasteiger partial charge is 0.504 e. The van der Waals surface area contributed by atoms with Gasteiger partial charge in [0.1, 0.15) is 0 Å². The van der Waals surface area contributed by atoms with Crippen molar-refractivity contribution in [2.45, 2.75) is 0 Å². The minimum Gasteiger partial charge on any atom is -0.504 e. The highest BCUT2D eigenvalue weighted by atomic mass is 16.4. The average Bonchev–Trinajstić information content (AvgIpc) is 2.37. The molecule has 6 N–H and O–H groups in total. The minimum absolute atomic E-state index is 0.125. The number of benzene rings is 1. The summed E-state index contributed by atoms with van der Waals surface area (Å²) in [5.41, 5.74) is 0. The lowest BCUT2D eigenvalue weighted by molar-refractivity contribution is -0.131. The van der Waals surface area contributed by atoms with Crippen molar-refractivity contribution >= 4 is 5.97 Å². The van der Waals surface area contributed by atoms with E-state index in [2.05, 4.69) is 6.58 Å². The summed E-state index contributed by atoms with van der Waals surface area (Å²) < 4.78 is 0. The third-order valence-electron chi connectivity index (χ3n) is 1.27. The number of aliphatic hydroxyl groups excluding tert-OH is 2. The minimum atomic E-state index is -0.981. The number of aliphatic hydroxyl groups is 2. The van der Waals surface area contributed by atoms with Gasteiger partial charge in [0.05, 0.1) is 13.2 Å². The van der Waals surface area contributed by atoms with E-state index in [4.69, 9.17) is 30.6 Å². The van der Waals surface area contributed by atoms with E-state index in [0.29, 0.717) is 0 Å². The number of rotatable bonds is 2. The number of para-hydroxylation sites is 1. The molecule has 0 fully saturated rings. The van der Waals surface area contributed by atoms with E-state index in [0.717, 1.165) is 6.08 Å². The highest BCUT2D eigenvalue weighted by Crippen LogP contribution is 2.32. The molecule has 1 aromatic carbocycles. The Kier molecular flexibility index (Phi) is 11.3. The van der Waals surface area contributed by atoms with Crippen molar-refractivity contribution in [2.24, 2.45) is 0 Å². The molecule has 0 spiro atoms. The Bertz CT molecular complexity index is 340. The van der Waals surface area contributed by atoms with Crippen LogP contribution in [0.4, 0.5) is 0 Å². The van der Waals surface area contributed by atoms with Gasteiger partial charge in [-0.25, -0.2) is 4.79 Å². The van der Waals surface area contributed by atoms with E-state index in [1.54, 1.807) is 0 Å². The monoisotopic (exact) mass is 260 g/mol. The van der Waals surface area contributed by atoms with Gasteiger partial charge in [-0.3, -0.25) is 0 Å². The molecule has 0 amide bonds. The zero-order chi connectivity index (χ0) is 14.6. The fraction of sp³-hybridized carbons (Fsp3) is 0.182. The molecule has 0 heterocycles. The van der Waals surface area contributed by atoms with Crippen LogP contribution < -0.4 is 0 Å². The van der Waals surface area contributed by atoms with Crippen LogP contribution in [0.5, 0.6) is 17.2 Å². The highest BCUT2D eigenvalue weighted by Gasteiger charge is 2.00. The Balaban J connectivity index is 0. The van der Waals surface area contributed by atoms with Crippen molar-refractivity contribution in [2.75, 3.05) is 13.2 Å². The molecule has 18 heavy (non-hydrogen) atoms. The number of hydrogen-bond acceptors (Lipinski definition) is 6. The molecular formula is C11H16O7. The van der Waals surface area contributed by atoms with Gasteiger partial charge in [0, 0.05) is 6.08 Å². The van der Waals surface area contributed by atoms with Gasteiger partial charge < -0.3 is 30.6 Å². The molecule has 102 valence electrons. The molecule has 7 heteroatoms. The van der Waals surface area contributed by atoms with E-state index in [-0.39, 0.29) is 24.7 Å². The van der Waals surface area contributed by atoms with E-state index >= 15 is 0 Å². The van der Waals surface area contributed by atoms with Gasteiger partial charge in [0.2, 0.25) is 0 Å². The van der Waals surface area contributed by atoms with E-state index in [9.17, 15) is 4.79 Å². The number of aliphatic carboxylic acids is 1. The van der Waals surface area contributed by atoms with Gasteiger partial charge in [0.25, 0.3) is 0 Å². The summed E-state index contributed by atoms with van der Waals surface area (Å²) in [4.78, 5) is 9.25. The van der Waals surface area contributed by atoms with E-state index in [1.807, 2.05) is 0 Å². The number of aromatic hydroxyl groups is 3. The molecule has 0 atom stereocenters. The molecule has 0 saturated carbocycles. The summed E-state index contributed by atoms with van der Waals surface area (Å²) in [6, 6.07) is 4.01. The zero-order valence-corrected chi connectivity index (χ0v) is 9.52. The topological polar surface area (TPSA) is 138 Å². The van der Waals surface area contributed by atoms with E-state index in [1.165, 1.54) is 18.2 Å². The van der Waals surface area contributed by atoms with E-state index < -0.39 is 11.7 Å². The van der Waals surface area contributed by atoms with Crippen molar-refractivity contribution in [3.8, 4) is 17.2 Å².